The van der Waals surface area contributed by atoms with Crippen LogP contribution in [0.1, 0.15) is 28.5 Å². The number of esters is 1. The van der Waals surface area contributed by atoms with E-state index in [4.69, 9.17) is 4.74 Å². The van der Waals surface area contributed by atoms with E-state index in [1.807, 2.05) is 25.1 Å². The van der Waals surface area contributed by atoms with E-state index >= 15 is 0 Å². The molecule has 6 rings (SSSR count). The van der Waals surface area contributed by atoms with Gasteiger partial charge < -0.3 is 20.0 Å². The van der Waals surface area contributed by atoms with Crippen molar-refractivity contribution in [2.75, 3.05) is 6.61 Å². The van der Waals surface area contributed by atoms with E-state index in [9.17, 15) is 4.79 Å². The summed E-state index contributed by atoms with van der Waals surface area (Å²) >= 11 is 0. The van der Waals surface area contributed by atoms with Crippen LogP contribution < -0.4 is 5.32 Å². The number of hydrogen-bond acceptors (Lipinski definition) is 3. The molecule has 5 heteroatoms. The molecule has 2 aromatic heterocycles. The maximum Gasteiger partial charge on any atom is 0.355 e. The molecule has 3 N–H and O–H groups in total. The van der Waals surface area contributed by atoms with Crippen molar-refractivity contribution in [3.63, 3.8) is 0 Å². The summed E-state index contributed by atoms with van der Waals surface area (Å²) < 4.78 is 5.40. The number of aromatic nitrogens is 2. The molecule has 0 amide bonds. The van der Waals surface area contributed by atoms with Crippen molar-refractivity contribution in [3.8, 4) is 0 Å². The van der Waals surface area contributed by atoms with Crippen LogP contribution in [0, 0.1) is 5.92 Å². The fraction of sp³-hybridized carbons (Fsp3) is 0.207. The van der Waals surface area contributed by atoms with E-state index in [2.05, 4.69) is 76.1 Å². The third-order valence-corrected chi connectivity index (χ3v) is 6.97. The molecule has 2 aromatic carbocycles. The summed E-state index contributed by atoms with van der Waals surface area (Å²) in [4.78, 5) is 19.6. The average Bonchev–Trinajstić information content (AvgIpc) is 3.54. The Kier molecular flexibility index (Phi) is 5.10. The molecule has 0 saturated heterocycles. The van der Waals surface area contributed by atoms with Gasteiger partial charge in [0.25, 0.3) is 0 Å². The van der Waals surface area contributed by atoms with Gasteiger partial charge >= 0.3 is 5.97 Å². The molecule has 3 heterocycles. The van der Waals surface area contributed by atoms with Gasteiger partial charge in [-0.25, -0.2) is 4.79 Å². The van der Waals surface area contributed by atoms with Crippen molar-refractivity contribution in [2.24, 2.45) is 5.92 Å². The zero-order valence-corrected chi connectivity index (χ0v) is 19.1. The van der Waals surface area contributed by atoms with Crippen LogP contribution in [0.4, 0.5) is 0 Å². The van der Waals surface area contributed by atoms with Gasteiger partial charge in [0.05, 0.1) is 12.6 Å². The maximum atomic E-state index is 12.9. The zero-order valence-electron chi connectivity index (χ0n) is 19.1. The number of H-pyrrole nitrogens is 2. The Morgan fingerprint density at radius 1 is 0.941 bits per heavy atom. The van der Waals surface area contributed by atoms with Crippen LogP contribution >= 0.6 is 0 Å². The molecule has 2 aliphatic rings. The topological polar surface area (TPSA) is 69.9 Å². The highest BCUT2D eigenvalue weighted by atomic mass is 16.5. The Morgan fingerprint density at radius 3 is 2.56 bits per heavy atom. The van der Waals surface area contributed by atoms with Crippen LogP contribution in [0.3, 0.4) is 0 Å². The normalized spacial score (nSPS) is 19.1. The molecular weight excluding hydrogens is 422 g/mol. The number of benzene rings is 2. The average molecular weight is 450 g/mol. The number of ether oxygens (including phenoxy) is 1. The molecule has 1 aliphatic heterocycles. The van der Waals surface area contributed by atoms with E-state index in [0.717, 1.165) is 28.4 Å². The van der Waals surface area contributed by atoms with E-state index in [0.29, 0.717) is 18.7 Å². The Hall–Kier alpha value is -3.99. The first-order valence-electron chi connectivity index (χ1n) is 11.9. The Balaban J connectivity index is 1.45. The van der Waals surface area contributed by atoms with Gasteiger partial charge in [0.1, 0.15) is 5.69 Å². The third-order valence-electron chi connectivity index (χ3n) is 6.97. The molecule has 4 aromatic rings. The SMILES string of the molecule is CCOC(=O)c1[nH]c2ccccc2c1CC1=C(Cc2c[nH]c3ccccc23)NC2C=CC=CC12. The van der Waals surface area contributed by atoms with Gasteiger partial charge in [0.15, 0.2) is 0 Å². The lowest BCUT2D eigenvalue weighted by Crippen LogP contribution is -2.27. The van der Waals surface area contributed by atoms with E-state index in [-0.39, 0.29) is 17.9 Å². The van der Waals surface area contributed by atoms with Crippen molar-refractivity contribution >= 4 is 27.8 Å². The van der Waals surface area contributed by atoms with Crippen LogP contribution in [-0.4, -0.2) is 28.6 Å². The lowest BCUT2D eigenvalue weighted by Gasteiger charge is -2.19. The Morgan fingerprint density at radius 2 is 1.71 bits per heavy atom. The molecule has 5 nitrogen and oxygen atoms in total. The van der Waals surface area contributed by atoms with Gasteiger partial charge in [-0.1, -0.05) is 60.7 Å². The minimum Gasteiger partial charge on any atom is -0.461 e. The van der Waals surface area contributed by atoms with Crippen LogP contribution in [0.5, 0.6) is 0 Å². The monoisotopic (exact) mass is 449 g/mol. The predicted molar refractivity (Wildman–Crippen MR) is 136 cm³/mol. The first kappa shape index (κ1) is 20.6. The number of carbonyl (C=O) groups is 1. The third kappa shape index (κ3) is 3.45. The van der Waals surface area contributed by atoms with Crippen molar-refractivity contribution in [2.45, 2.75) is 25.8 Å². The molecule has 0 radical (unpaired) electrons. The summed E-state index contributed by atoms with van der Waals surface area (Å²) in [5.41, 5.74) is 7.50. The van der Waals surface area contributed by atoms with Crippen molar-refractivity contribution < 1.29 is 9.53 Å². The quantitative estimate of drug-likeness (QED) is 0.337. The maximum absolute atomic E-state index is 12.9. The fourth-order valence-electron chi connectivity index (χ4n) is 5.38. The molecule has 0 spiro atoms. The molecule has 0 bridgehead atoms. The van der Waals surface area contributed by atoms with Gasteiger partial charge in [-0.3, -0.25) is 0 Å². The fourth-order valence-corrected chi connectivity index (χ4v) is 5.38. The van der Waals surface area contributed by atoms with Gasteiger partial charge in [0.2, 0.25) is 0 Å². The summed E-state index contributed by atoms with van der Waals surface area (Å²) in [6, 6.07) is 16.8. The zero-order chi connectivity index (χ0) is 23.1. The Bertz CT molecular complexity index is 1480. The van der Waals surface area contributed by atoms with Crippen molar-refractivity contribution in [1.82, 2.24) is 15.3 Å². The summed E-state index contributed by atoms with van der Waals surface area (Å²) in [6.07, 6.45) is 12.3. The number of aromatic amines is 2. The second-order valence-corrected chi connectivity index (χ2v) is 8.93. The second kappa shape index (κ2) is 8.41. The highest BCUT2D eigenvalue weighted by Crippen LogP contribution is 2.37. The van der Waals surface area contributed by atoms with Crippen LogP contribution in [0.15, 0.2) is 90.3 Å². The predicted octanol–water partition coefficient (Wildman–Crippen LogP) is 5.58. The summed E-state index contributed by atoms with van der Waals surface area (Å²) in [6.45, 7) is 2.19. The molecule has 0 fully saturated rings. The number of hydrogen-bond donors (Lipinski definition) is 3. The number of nitrogens with one attached hydrogen (secondary N) is 3. The van der Waals surface area contributed by atoms with Crippen LogP contribution in [0.25, 0.3) is 21.8 Å². The van der Waals surface area contributed by atoms with E-state index in [1.54, 1.807) is 0 Å². The van der Waals surface area contributed by atoms with Crippen molar-refractivity contribution in [1.29, 1.82) is 0 Å². The molecule has 34 heavy (non-hydrogen) atoms. The van der Waals surface area contributed by atoms with E-state index < -0.39 is 0 Å². The summed E-state index contributed by atoms with van der Waals surface area (Å²) in [5.74, 6) is -0.0389. The number of allylic oxidation sites excluding steroid dienone is 3. The first-order valence-corrected chi connectivity index (χ1v) is 11.9. The smallest absolute Gasteiger partial charge is 0.355 e. The van der Waals surface area contributed by atoms with E-state index in [1.165, 1.54) is 22.2 Å². The molecule has 2 atom stereocenters. The largest absolute Gasteiger partial charge is 0.461 e. The van der Waals surface area contributed by atoms with Crippen molar-refractivity contribution in [3.05, 3.63) is 107 Å². The first-order chi connectivity index (χ1) is 16.7. The molecular formula is C29H27N3O2. The Labute approximate surface area is 198 Å². The van der Waals surface area contributed by atoms with Gasteiger partial charge in [0, 0.05) is 46.0 Å². The van der Waals surface area contributed by atoms with Gasteiger partial charge in [-0.05, 0) is 42.2 Å². The standard InChI is InChI=1S/C29H27N3O2/c1-2-34-29(33)28-23(21-11-5-8-14-26(21)32-28)16-22-20-10-4-7-13-25(20)31-27(22)15-18-17-30-24-12-6-3-9-19(18)24/h3-14,17,20,25,30-32H,2,15-16H2,1H3. The minimum atomic E-state index is -0.297. The molecule has 0 saturated carbocycles. The van der Waals surface area contributed by atoms with Crippen LogP contribution in [0.2, 0.25) is 0 Å². The highest BCUT2D eigenvalue weighted by molar-refractivity contribution is 5.98. The highest BCUT2D eigenvalue weighted by Gasteiger charge is 2.33. The lowest BCUT2D eigenvalue weighted by atomic mass is 9.86. The number of fused-ring (bicyclic) bond motifs is 3. The lowest BCUT2D eigenvalue weighted by molar-refractivity contribution is 0.0519. The second-order valence-electron chi connectivity index (χ2n) is 8.93. The number of rotatable bonds is 6. The minimum absolute atomic E-state index is 0.233. The summed E-state index contributed by atoms with van der Waals surface area (Å²) in [7, 11) is 0. The molecule has 170 valence electrons. The molecule has 1 aliphatic carbocycles. The number of carbonyl (C=O) groups excluding carboxylic acids is 1. The van der Waals surface area contributed by atoms with Gasteiger partial charge in [-0.2, -0.15) is 0 Å². The molecule has 2 unspecified atom stereocenters. The summed E-state index contributed by atoms with van der Waals surface area (Å²) in [5, 5.41) is 6.10. The number of para-hydroxylation sites is 2. The van der Waals surface area contributed by atoms with Gasteiger partial charge in [-0.15, -0.1) is 0 Å². The van der Waals surface area contributed by atoms with Crippen LogP contribution in [-0.2, 0) is 17.6 Å².